The van der Waals surface area contributed by atoms with Gasteiger partial charge in [0.2, 0.25) is 0 Å². The Morgan fingerprint density at radius 1 is 1.26 bits per heavy atom. The summed E-state index contributed by atoms with van der Waals surface area (Å²) in [7, 11) is 3.10. The Morgan fingerprint density at radius 3 is 2.57 bits per heavy atom. The number of urea groups is 1. The second kappa shape index (κ2) is 7.63. The smallest absolute Gasteiger partial charge is 0.317 e. The van der Waals surface area contributed by atoms with E-state index in [0.29, 0.717) is 12.1 Å². The minimum absolute atomic E-state index is 0.0984. The van der Waals surface area contributed by atoms with Gasteiger partial charge in [0.15, 0.2) is 11.6 Å². The first-order valence-corrected chi connectivity index (χ1v) is 7.40. The number of benzene rings is 2. The summed E-state index contributed by atoms with van der Waals surface area (Å²) in [6.07, 6.45) is 0. The lowest BCUT2D eigenvalue weighted by Crippen LogP contribution is -2.38. The van der Waals surface area contributed by atoms with Crippen molar-refractivity contribution in [2.45, 2.75) is 19.5 Å². The van der Waals surface area contributed by atoms with Crippen molar-refractivity contribution in [1.82, 2.24) is 10.2 Å². The van der Waals surface area contributed by atoms with Crippen LogP contribution in [0.15, 0.2) is 48.5 Å². The molecule has 0 aliphatic heterocycles. The van der Waals surface area contributed by atoms with Gasteiger partial charge in [0.1, 0.15) is 0 Å². The van der Waals surface area contributed by atoms with Gasteiger partial charge in [0.25, 0.3) is 0 Å². The molecular weight excluding hydrogens is 295 g/mol. The molecule has 1 unspecified atom stereocenters. The zero-order valence-corrected chi connectivity index (χ0v) is 13.5. The van der Waals surface area contributed by atoms with Gasteiger partial charge in [-0.05, 0) is 30.2 Å². The molecule has 122 valence electrons. The number of nitrogens with zero attached hydrogens (tertiary/aromatic N) is 1. The van der Waals surface area contributed by atoms with Gasteiger partial charge in [-0.2, -0.15) is 0 Å². The van der Waals surface area contributed by atoms with Crippen molar-refractivity contribution in [3.63, 3.8) is 0 Å². The Bertz CT molecular complexity index is 661. The molecule has 0 saturated carbocycles. The van der Waals surface area contributed by atoms with E-state index in [1.54, 1.807) is 19.2 Å². The number of methoxy groups -OCH3 is 1. The van der Waals surface area contributed by atoms with Crippen LogP contribution in [-0.4, -0.2) is 25.1 Å². The third-order valence-corrected chi connectivity index (χ3v) is 3.62. The summed E-state index contributed by atoms with van der Waals surface area (Å²) in [5.41, 5.74) is 1.73. The molecule has 0 aliphatic carbocycles. The molecule has 0 heterocycles. The van der Waals surface area contributed by atoms with Gasteiger partial charge in [-0.1, -0.05) is 36.4 Å². The van der Waals surface area contributed by atoms with Crippen LogP contribution in [0.25, 0.3) is 0 Å². The van der Waals surface area contributed by atoms with Crippen LogP contribution < -0.4 is 10.1 Å². The van der Waals surface area contributed by atoms with Gasteiger partial charge in [-0.15, -0.1) is 0 Å². The van der Waals surface area contributed by atoms with Gasteiger partial charge >= 0.3 is 6.03 Å². The summed E-state index contributed by atoms with van der Waals surface area (Å²) >= 11 is 0. The lowest BCUT2D eigenvalue weighted by molar-refractivity contribution is 0.203. The molecule has 0 spiro atoms. The maximum Gasteiger partial charge on any atom is 0.317 e. The molecule has 0 bridgehead atoms. The standard InChI is InChI=1S/C18H21FN2O2/c1-13(15-7-5-4-6-8-15)20-18(22)21(2)12-14-9-10-17(23-3)16(19)11-14/h4-11,13H,12H2,1-3H3,(H,20,22). The Morgan fingerprint density at radius 2 is 1.96 bits per heavy atom. The Kier molecular flexibility index (Phi) is 5.57. The van der Waals surface area contributed by atoms with Crippen molar-refractivity contribution < 1.29 is 13.9 Å². The lowest BCUT2D eigenvalue weighted by atomic mass is 10.1. The van der Waals surface area contributed by atoms with Crippen LogP contribution in [0.4, 0.5) is 9.18 Å². The van der Waals surface area contributed by atoms with Crippen molar-refractivity contribution in [2.75, 3.05) is 14.2 Å². The molecular formula is C18H21FN2O2. The molecule has 0 aliphatic rings. The maximum atomic E-state index is 13.7. The SMILES string of the molecule is COc1ccc(CN(C)C(=O)NC(C)c2ccccc2)cc1F. The van der Waals surface area contributed by atoms with Crippen molar-refractivity contribution >= 4 is 6.03 Å². The highest BCUT2D eigenvalue weighted by Crippen LogP contribution is 2.18. The van der Waals surface area contributed by atoms with E-state index in [-0.39, 0.29) is 17.8 Å². The van der Waals surface area contributed by atoms with E-state index in [4.69, 9.17) is 4.74 Å². The summed E-state index contributed by atoms with van der Waals surface area (Å²) in [6.45, 7) is 2.24. The first kappa shape index (κ1) is 16.8. The molecule has 5 heteroatoms. The van der Waals surface area contributed by atoms with Gasteiger partial charge in [0, 0.05) is 13.6 Å². The first-order chi connectivity index (χ1) is 11.0. The number of amides is 2. The van der Waals surface area contributed by atoms with Gasteiger partial charge < -0.3 is 15.0 Å². The molecule has 2 amide bonds. The summed E-state index contributed by atoms with van der Waals surface area (Å²) < 4.78 is 18.6. The Hall–Kier alpha value is -2.56. The average Bonchev–Trinajstić information content (AvgIpc) is 2.55. The summed E-state index contributed by atoms with van der Waals surface area (Å²) in [4.78, 5) is 13.8. The summed E-state index contributed by atoms with van der Waals surface area (Å²) in [5.74, 6) is -0.241. The topological polar surface area (TPSA) is 41.6 Å². The number of hydrogen-bond donors (Lipinski definition) is 1. The fraction of sp³-hybridized carbons (Fsp3) is 0.278. The third-order valence-electron chi connectivity index (χ3n) is 3.62. The van der Waals surface area contributed by atoms with Crippen molar-refractivity contribution in [3.05, 3.63) is 65.5 Å². The normalized spacial score (nSPS) is 11.7. The molecule has 0 fully saturated rings. The van der Waals surface area contributed by atoms with Crippen LogP contribution in [0.2, 0.25) is 0 Å². The molecule has 2 rings (SSSR count). The quantitative estimate of drug-likeness (QED) is 0.913. The van der Waals surface area contributed by atoms with E-state index in [2.05, 4.69) is 5.32 Å². The van der Waals surface area contributed by atoms with Crippen LogP contribution >= 0.6 is 0 Å². The molecule has 0 saturated heterocycles. The highest BCUT2D eigenvalue weighted by atomic mass is 19.1. The molecule has 23 heavy (non-hydrogen) atoms. The number of halogens is 1. The van der Waals surface area contributed by atoms with Crippen LogP contribution in [0.3, 0.4) is 0 Å². The molecule has 2 aromatic carbocycles. The highest BCUT2D eigenvalue weighted by molar-refractivity contribution is 5.74. The Balaban J connectivity index is 1.96. The number of ether oxygens (including phenoxy) is 1. The maximum absolute atomic E-state index is 13.7. The number of carbonyl (C=O) groups excluding carboxylic acids is 1. The number of hydrogen-bond acceptors (Lipinski definition) is 2. The van der Waals surface area contributed by atoms with Gasteiger partial charge in [-0.25, -0.2) is 9.18 Å². The molecule has 1 N–H and O–H groups in total. The van der Waals surface area contributed by atoms with E-state index < -0.39 is 5.82 Å². The number of nitrogens with one attached hydrogen (secondary N) is 1. The van der Waals surface area contributed by atoms with E-state index in [0.717, 1.165) is 5.56 Å². The molecule has 0 radical (unpaired) electrons. The number of carbonyl (C=O) groups is 1. The van der Waals surface area contributed by atoms with Crippen molar-refractivity contribution in [1.29, 1.82) is 0 Å². The van der Waals surface area contributed by atoms with Crippen LogP contribution in [0.5, 0.6) is 5.75 Å². The van der Waals surface area contributed by atoms with E-state index in [1.807, 2.05) is 37.3 Å². The summed E-state index contributed by atoms with van der Waals surface area (Å²) in [6, 6.07) is 14.1. The average molecular weight is 316 g/mol. The van der Waals surface area contributed by atoms with Crippen molar-refractivity contribution in [2.24, 2.45) is 0 Å². The molecule has 1 atom stereocenters. The van der Waals surface area contributed by atoms with Gasteiger partial charge in [0.05, 0.1) is 13.2 Å². The zero-order valence-electron chi connectivity index (χ0n) is 13.5. The van der Waals surface area contributed by atoms with Gasteiger partial charge in [-0.3, -0.25) is 0 Å². The van der Waals surface area contributed by atoms with E-state index >= 15 is 0 Å². The van der Waals surface area contributed by atoms with Crippen molar-refractivity contribution in [3.8, 4) is 5.75 Å². The number of rotatable bonds is 5. The van der Waals surface area contributed by atoms with Crippen LogP contribution in [-0.2, 0) is 6.54 Å². The Labute approximate surface area is 135 Å². The predicted molar refractivity (Wildman–Crippen MR) is 87.8 cm³/mol. The largest absolute Gasteiger partial charge is 0.494 e. The highest BCUT2D eigenvalue weighted by Gasteiger charge is 2.14. The van der Waals surface area contributed by atoms with Crippen LogP contribution in [0, 0.1) is 5.82 Å². The molecule has 4 nitrogen and oxygen atoms in total. The van der Waals surface area contributed by atoms with Crippen LogP contribution in [0.1, 0.15) is 24.1 Å². The first-order valence-electron chi connectivity index (χ1n) is 7.40. The lowest BCUT2D eigenvalue weighted by Gasteiger charge is -2.22. The summed E-state index contributed by atoms with van der Waals surface area (Å²) in [5, 5.41) is 2.92. The zero-order chi connectivity index (χ0) is 16.8. The minimum Gasteiger partial charge on any atom is -0.494 e. The monoisotopic (exact) mass is 316 g/mol. The fourth-order valence-electron chi connectivity index (χ4n) is 2.27. The van der Waals surface area contributed by atoms with E-state index in [1.165, 1.54) is 18.1 Å². The minimum atomic E-state index is -0.434. The second-order valence-corrected chi connectivity index (χ2v) is 5.41. The predicted octanol–water partition coefficient (Wildman–Crippen LogP) is 3.74. The second-order valence-electron chi connectivity index (χ2n) is 5.41. The van der Waals surface area contributed by atoms with E-state index in [9.17, 15) is 9.18 Å². The fourth-order valence-corrected chi connectivity index (χ4v) is 2.27. The third kappa shape index (κ3) is 4.45. The molecule has 0 aromatic heterocycles. The molecule has 2 aromatic rings.